The predicted molar refractivity (Wildman–Crippen MR) is 128 cm³/mol. The SMILES string of the molecule is O=C(CSCc1ccc(Br)cc1)Nc1ccc(S(=O)(=O)Nc2cccc(Cl)c2)cc1. The van der Waals surface area contributed by atoms with Gasteiger partial charge in [-0.05, 0) is 60.2 Å². The molecule has 0 aliphatic heterocycles. The monoisotopic (exact) mass is 524 g/mol. The minimum atomic E-state index is -3.75. The van der Waals surface area contributed by atoms with Crippen LogP contribution in [0.1, 0.15) is 5.56 Å². The van der Waals surface area contributed by atoms with Crippen LogP contribution >= 0.6 is 39.3 Å². The van der Waals surface area contributed by atoms with Gasteiger partial charge in [-0.15, -0.1) is 11.8 Å². The molecule has 9 heteroatoms. The van der Waals surface area contributed by atoms with Crippen LogP contribution in [0.3, 0.4) is 0 Å². The van der Waals surface area contributed by atoms with Crippen molar-refractivity contribution < 1.29 is 13.2 Å². The number of thioether (sulfide) groups is 1. The van der Waals surface area contributed by atoms with Gasteiger partial charge in [-0.25, -0.2) is 8.42 Å². The molecule has 0 atom stereocenters. The average molecular weight is 526 g/mol. The normalized spacial score (nSPS) is 11.1. The maximum Gasteiger partial charge on any atom is 0.261 e. The van der Waals surface area contributed by atoms with Gasteiger partial charge in [0.05, 0.1) is 16.3 Å². The molecule has 3 aromatic rings. The van der Waals surface area contributed by atoms with Crippen LogP contribution in [-0.4, -0.2) is 20.1 Å². The van der Waals surface area contributed by atoms with E-state index in [1.54, 1.807) is 30.3 Å². The minimum Gasteiger partial charge on any atom is -0.325 e. The highest BCUT2D eigenvalue weighted by Gasteiger charge is 2.14. The van der Waals surface area contributed by atoms with Crippen LogP contribution in [-0.2, 0) is 20.6 Å². The first-order valence-electron chi connectivity index (χ1n) is 8.82. The van der Waals surface area contributed by atoms with Crippen molar-refractivity contribution in [3.63, 3.8) is 0 Å². The van der Waals surface area contributed by atoms with Gasteiger partial charge in [0.15, 0.2) is 0 Å². The predicted octanol–water partition coefficient (Wildman–Crippen LogP) is 5.78. The first kappa shape index (κ1) is 22.7. The highest BCUT2D eigenvalue weighted by molar-refractivity contribution is 9.10. The van der Waals surface area contributed by atoms with E-state index >= 15 is 0 Å². The number of nitrogens with one attached hydrogen (secondary N) is 2. The fourth-order valence-corrected chi connectivity index (χ4v) is 4.81. The number of anilines is 2. The first-order chi connectivity index (χ1) is 14.3. The van der Waals surface area contributed by atoms with E-state index in [0.717, 1.165) is 15.8 Å². The van der Waals surface area contributed by atoms with E-state index < -0.39 is 10.0 Å². The average Bonchev–Trinajstić information content (AvgIpc) is 2.69. The molecule has 30 heavy (non-hydrogen) atoms. The molecular formula is C21H18BrClN2O3S2. The van der Waals surface area contributed by atoms with Crippen LogP contribution < -0.4 is 10.0 Å². The molecule has 5 nitrogen and oxygen atoms in total. The maximum atomic E-state index is 12.5. The van der Waals surface area contributed by atoms with Crippen LogP contribution in [0.4, 0.5) is 11.4 Å². The molecule has 0 radical (unpaired) electrons. The lowest BCUT2D eigenvalue weighted by atomic mass is 10.2. The van der Waals surface area contributed by atoms with Gasteiger partial charge >= 0.3 is 0 Å². The van der Waals surface area contributed by atoms with E-state index in [1.807, 2.05) is 24.3 Å². The van der Waals surface area contributed by atoms with Crippen LogP contribution in [0.15, 0.2) is 82.2 Å². The Hall–Kier alpha value is -2.00. The number of amides is 1. The summed E-state index contributed by atoms with van der Waals surface area (Å²) in [6, 6.07) is 20.4. The summed E-state index contributed by atoms with van der Waals surface area (Å²) < 4.78 is 28.5. The van der Waals surface area contributed by atoms with Crippen LogP contribution in [0, 0.1) is 0 Å². The van der Waals surface area contributed by atoms with Gasteiger partial charge in [0.25, 0.3) is 10.0 Å². The third-order valence-corrected chi connectivity index (χ3v) is 7.11. The van der Waals surface area contributed by atoms with Crippen molar-refractivity contribution in [1.82, 2.24) is 0 Å². The number of hydrogen-bond donors (Lipinski definition) is 2. The van der Waals surface area contributed by atoms with E-state index in [4.69, 9.17) is 11.6 Å². The van der Waals surface area contributed by atoms with Gasteiger partial charge < -0.3 is 5.32 Å². The molecule has 1 amide bonds. The Morgan fingerprint density at radius 1 is 0.967 bits per heavy atom. The van der Waals surface area contributed by atoms with Crippen LogP contribution in [0.2, 0.25) is 5.02 Å². The summed E-state index contributed by atoms with van der Waals surface area (Å²) in [4.78, 5) is 12.2. The Bertz CT molecular complexity index is 1120. The van der Waals surface area contributed by atoms with Crippen molar-refractivity contribution in [2.45, 2.75) is 10.6 Å². The molecule has 0 aliphatic carbocycles. The Kier molecular flexibility index (Phi) is 7.82. The molecule has 2 N–H and O–H groups in total. The highest BCUT2D eigenvalue weighted by atomic mass is 79.9. The molecule has 0 aliphatic rings. The third kappa shape index (κ3) is 6.77. The van der Waals surface area contributed by atoms with E-state index in [-0.39, 0.29) is 10.8 Å². The lowest BCUT2D eigenvalue weighted by Gasteiger charge is -2.10. The molecule has 0 saturated carbocycles. The van der Waals surface area contributed by atoms with Gasteiger partial charge in [0.1, 0.15) is 0 Å². The molecule has 156 valence electrons. The number of rotatable bonds is 8. The summed E-state index contributed by atoms with van der Waals surface area (Å²) in [6.07, 6.45) is 0. The molecule has 0 unspecified atom stereocenters. The van der Waals surface area contributed by atoms with Crippen molar-refractivity contribution in [2.24, 2.45) is 0 Å². The number of carbonyl (C=O) groups excluding carboxylic acids is 1. The largest absolute Gasteiger partial charge is 0.325 e. The molecule has 0 fully saturated rings. The summed E-state index contributed by atoms with van der Waals surface area (Å²) in [7, 11) is -3.75. The molecule has 0 spiro atoms. The third-order valence-electron chi connectivity index (χ3n) is 3.94. The topological polar surface area (TPSA) is 75.3 Å². The fourth-order valence-electron chi connectivity index (χ4n) is 2.52. The van der Waals surface area contributed by atoms with Gasteiger partial charge in [-0.1, -0.05) is 45.7 Å². The second-order valence-corrected chi connectivity index (χ2v) is 10.3. The van der Waals surface area contributed by atoms with Crippen molar-refractivity contribution in [3.8, 4) is 0 Å². The van der Waals surface area contributed by atoms with Crippen LogP contribution in [0.5, 0.6) is 0 Å². The van der Waals surface area contributed by atoms with E-state index in [2.05, 4.69) is 26.0 Å². The van der Waals surface area contributed by atoms with Crippen molar-refractivity contribution in [2.75, 3.05) is 15.8 Å². The first-order valence-corrected chi connectivity index (χ1v) is 12.6. The van der Waals surface area contributed by atoms with Crippen molar-refractivity contribution in [3.05, 3.63) is 87.9 Å². The molecular weight excluding hydrogens is 508 g/mol. The Morgan fingerprint density at radius 3 is 2.33 bits per heavy atom. The zero-order chi connectivity index (χ0) is 21.6. The maximum absolute atomic E-state index is 12.5. The number of halogens is 2. The number of carbonyl (C=O) groups is 1. The number of benzene rings is 3. The number of sulfonamides is 1. The van der Waals surface area contributed by atoms with Gasteiger partial charge in [0, 0.05) is 20.9 Å². The fraction of sp³-hybridized carbons (Fsp3) is 0.0952. The van der Waals surface area contributed by atoms with Crippen molar-refractivity contribution >= 4 is 66.6 Å². The summed E-state index contributed by atoms with van der Waals surface area (Å²) in [5, 5.41) is 3.21. The Balaban J connectivity index is 1.53. The van der Waals surface area contributed by atoms with Gasteiger partial charge in [0.2, 0.25) is 5.91 Å². The molecule has 3 aromatic carbocycles. The lowest BCUT2D eigenvalue weighted by Crippen LogP contribution is -2.15. The van der Waals surface area contributed by atoms with Crippen LogP contribution in [0.25, 0.3) is 0 Å². The molecule has 0 saturated heterocycles. The summed E-state index contributed by atoms with van der Waals surface area (Å²) in [5.41, 5.74) is 2.05. The summed E-state index contributed by atoms with van der Waals surface area (Å²) >= 11 is 10.8. The minimum absolute atomic E-state index is 0.0880. The zero-order valence-electron chi connectivity index (χ0n) is 15.6. The van der Waals surface area contributed by atoms with Gasteiger partial charge in [-0.3, -0.25) is 9.52 Å². The Morgan fingerprint density at radius 2 is 1.67 bits per heavy atom. The molecule has 0 aromatic heterocycles. The van der Waals surface area contributed by atoms with E-state index in [0.29, 0.717) is 22.2 Å². The second kappa shape index (κ2) is 10.3. The standard InChI is InChI=1S/C21H18BrClN2O3S2/c22-16-6-4-15(5-7-16)13-29-14-21(26)24-18-8-10-20(11-9-18)30(27,28)25-19-3-1-2-17(23)12-19/h1-12,25H,13-14H2,(H,24,26). The van der Waals surface area contributed by atoms with E-state index in [9.17, 15) is 13.2 Å². The number of hydrogen-bond acceptors (Lipinski definition) is 4. The summed E-state index contributed by atoms with van der Waals surface area (Å²) in [6.45, 7) is 0. The zero-order valence-corrected chi connectivity index (χ0v) is 19.6. The quantitative estimate of drug-likeness (QED) is 0.391. The second-order valence-electron chi connectivity index (χ2n) is 6.31. The highest BCUT2D eigenvalue weighted by Crippen LogP contribution is 2.21. The lowest BCUT2D eigenvalue weighted by molar-refractivity contribution is -0.113. The smallest absolute Gasteiger partial charge is 0.261 e. The van der Waals surface area contributed by atoms with Crippen molar-refractivity contribution in [1.29, 1.82) is 0 Å². The molecule has 0 bridgehead atoms. The Labute approximate surface area is 193 Å². The molecule has 0 heterocycles. The molecule has 3 rings (SSSR count). The summed E-state index contributed by atoms with van der Waals surface area (Å²) in [5.74, 6) is 0.879. The van der Waals surface area contributed by atoms with E-state index in [1.165, 1.54) is 30.0 Å². The van der Waals surface area contributed by atoms with Gasteiger partial charge in [-0.2, -0.15) is 0 Å².